The van der Waals surface area contributed by atoms with Gasteiger partial charge in [0, 0.05) is 16.2 Å². The highest BCUT2D eigenvalue weighted by atomic mass is 32.2. The molecule has 0 saturated heterocycles. The first kappa shape index (κ1) is 14.7. The van der Waals surface area contributed by atoms with Crippen LogP contribution in [0.5, 0.6) is 0 Å². The van der Waals surface area contributed by atoms with Gasteiger partial charge in [0.25, 0.3) is 0 Å². The van der Waals surface area contributed by atoms with Gasteiger partial charge in [-0.05, 0) is 17.7 Å². The third-order valence-electron chi connectivity index (χ3n) is 2.68. The molecule has 20 heavy (non-hydrogen) atoms. The summed E-state index contributed by atoms with van der Waals surface area (Å²) in [5.41, 5.74) is 0.217. The van der Waals surface area contributed by atoms with Gasteiger partial charge in [-0.2, -0.15) is 13.2 Å². The van der Waals surface area contributed by atoms with Crippen molar-refractivity contribution in [1.29, 1.82) is 0 Å². The number of thioether (sulfide) groups is 1. The predicted molar refractivity (Wildman–Crippen MR) is 72.8 cm³/mol. The van der Waals surface area contributed by atoms with Gasteiger partial charge in [-0.25, -0.2) is 0 Å². The van der Waals surface area contributed by atoms with Crippen LogP contribution in [-0.2, 0) is 11.9 Å². The van der Waals surface area contributed by atoms with Crippen LogP contribution >= 0.6 is 11.8 Å². The van der Waals surface area contributed by atoms with E-state index in [2.05, 4.69) is 0 Å². The Morgan fingerprint density at radius 3 is 2.35 bits per heavy atom. The maximum Gasteiger partial charge on any atom is 0.417 e. The van der Waals surface area contributed by atoms with Crippen molar-refractivity contribution in [3.63, 3.8) is 0 Å². The summed E-state index contributed by atoms with van der Waals surface area (Å²) in [6.07, 6.45) is -4.04. The number of carbonyl (C=O) groups is 1. The highest BCUT2D eigenvalue weighted by Crippen LogP contribution is 2.38. The highest BCUT2D eigenvalue weighted by molar-refractivity contribution is 7.98. The normalized spacial score (nSPS) is 11.3. The molecule has 0 unspecified atom stereocenters. The van der Waals surface area contributed by atoms with Gasteiger partial charge in [0.15, 0.2) is 0 Å². The van der Waals surface area contributed by atoms with E-state index in [1.54, 1.807) is 0 Å². The molecular formula is C15H11F3OS. The van der Waals surface area contributed by atoms with Crippen molar-refractivity contribution >= 4 is 18.0 Å². The van der Waals surface area contributed by atoms with E-state index >= 15 is 0 Å². The van der Waals surface area contributed by atoms with Crippen molar-refractivity contribution in [2.75, 3.05) is 0 Å². The van der Waals surface area contributed by atoms with E-state index in [-0.39, 0.29) is 10.5 Å². The van der Waals surface area contributed by atoms with Crippen molar-refractivity contribution in [1.82, 2.24) is 0 Å². The van der Waals surface area contributed by atoms with Gasteiger partial charge < -0.3 is 0 Å². The number of rotatable bonds is 4. The molecule has 2 rings (SSSR count). The first-order valence-corrected chi connectivity index (χ1v) is 6.82. The van der Waals surface area contributed by atoms with E-state index in [9.17, 15) is 18.0 Å². The van der Waals surface area contributed by atoms with Gasteiger partial charge in [-0.3, -0.25) is 4.79 Å². The van der Waals surface area contributed by atoms with Crippen LogP contribution in [0.15, 0.2) is 53.4 Å². The SMILES string of the molecule is O=Cc1ccc(SCc2ccccc2)c(C(F)(F)F)c1. The summed E-state index contributed by atoms with van der Waals surface area (Å²) in [5.74, 6) is 0.449. The van der Waals surface area contributed by atoms with E-state index < -0.39 is 11.7 Å². The first-order chi connectivity index (χ1) is 9.50. The molecule has 0 fully saturated rings. The third kappa shape index (κ3) is 3.63. The number of hydrogen-bond acceptors (Lipinski definition) is 2. The van der Waals surface area contributed by atoms with Gasteiger partial charge >= 0.3 is 6.18 Å². The summed E-state index contributed by atoms with van der Waals surface area (Å²) in [6.45, 7) is 0. The molecule has 0 bridgehead atoms. The number of alkyl halides is 3. The molecule has 0 aliphatic rings. The van der Waals surface area contributed by atoms with Gasteiger partial charge in [-0.1, -0.05) is 36.4 Å². The number of benzene rings is 2. The van der Waals surface area contributed by atoms with Crippen LogP contribution in [0.1, 0.15) is 21.5 Å². The molecule has 2 aromatic carbocycles. The van der Waals surface area contributed by atoms with E-state index in [1.807, 2.05) is 30.3 Å². The number of hydrogen-bond donors (Lipinski definition) is 0. The molecule has 0 aliphatic carbocycles. The summed E-state index contributed by atoms with van der Waals surface area (Å²) in [6, 6.07) is 12.9. The Hall–Kier alpha value is -1.75. The van der Waals surface area contributed by atoms with E-state index in [0.29, 0.717) is 12.0 Å². The molecule has 0 heterocycles. The molecule has 5 heteroatoms. The van der Waals surface area contributed by atoms with Gasteiger partial charge in [0.2, 0.25) is 0 Å². The molecular weight excluding hydrogens is 285 g/mol. The fraction of sp³-hybridized carbons (Fsp3) is 0.133. The van der Waals surface area contributed by atoms with E-state index in [0.717, 1.165) is 23.4 Å². The molecule has 104 valence electrons. The monoisotopic (exact) mass is 296 g/mol. The summed E-state index contributed by atoms with van der Waals surface area (Å²) in [4.78, 5) is 10.7. The zero-order valence-corrected chi connectivity index (χ0v) is 11.2. The lowest BCUT2D eigenvalue weighted by molar-refractivity contribution is -0.139. The Labute approximate surface area is 118 Å². The second kappa shape index (κ2) is 6.13. The van der Waals surface area contributed by atoms with Crippen LogP contribution in [0.3, 0.4) is 0 Å². The smallest absolute Gasteiger partial charge is 0.298 e. The second-order valence-electron chi connectivity index (χ2n) is 4.15. The molecule has 0 atom stereocenters. The van der Waals surface area contributed by atoms with Crippen LogP contribution in [-0.4, -0.2) is 6.29 Å². The summed E-state index contributed by atoms with van der Waals surface area (Å²) in [5, 5.41) is 0. The molecule has 0 spiro atoms. The van der Waals surface area contributed by atoms with E-state index in [1.165, 1.54) is 12.1 Å². The second-order valence-corrected chi connectivity index (χ2v) is 5.16. The summed E-state index contributed by atoms with van der Waals surface area (Å²) in [7, 11) is 0. The van der Waals surface area contributed by atoms with Crippen LogP contribution in [0, 0.1) is 0 Å². The average Bonchev–Trinajstić information content (AvgIpc) is 2.45. The minimum absolute atomic E-state index is 0.0291. The maximum atomic E-state index is 13.0. The fourth-order valence-electron chi connectivity index (χ4n) is 1.70. The van der Waals surface area contributed by atoms with Gasteiger partial charge in [0.05, 0.1) is 5.56 Å². The maximum absolute atomic E-state index is 13.0. The van der Waals surface area contributed by atoms with Crippen molar-refractivity contribution in [3.05, 3.63) is 65.2 Å². The van der Waals surface area contributed by atoms with Gasteiger partial charge in [-0.15, -0.1) is 11.8 Å². The first-order valence-electron chi connectivity index (χ1n) is 5.84. The fourth-order valence-corrected chi connectivity index (χ4v) is 2.71. The lowest BCUT2D eigenvalue weighted by atomic mass is 10.1. The quantitative estimate of drug-likeness (QED) is 0.595. The summed E-state index contributed by atoms with van der Waals surface area (Å²) >= 11 is 1.11. The zero-order valence-electron chi connectivity index (χ0n) is 10.4. The molecule has 0 amide bonds. The standard InChI is InChI=1S/C15H11F3OS/c16-15(17,18)13-8-12(9-19)6-7-14(13)20-10-11-4-2-1-3-5-11/h1-9H,10H2. The Bertz CT molecular complexity index is 594. The Kier molecular flexibility index (Phi) is 4.49. The zero-order chi connectivity index (χ0) is 14.6. The van der Waals surface area contributed by atoms with Gasteiger partial charge in [0.1, 0.15) is 6.29 Å². The molecule has 0 saturated carbocycles. The molecule has 0 aromatic heterocycles. The van der Waals surface area contributed by atoms with E-state index in [4.69, 9.17) is 0 Å². The molecule has 0 N–H and O–H groups in total. The van der Waals surface area contributed by atoms with Crippen molar-refractivity contribution in [2.45, 2.75) is 16.8 Å². The Balaban J connectivity index is 2.25. The number of carbonyl (C=O) groups excluding carboxylic acids is 1. The largest absolute Gasteiger partial charge is 0.417 e. The number of halogens is 3. The van der Waals surface area contributed by atoms with Crippen LogP contribution in [0.25, 0.3) is 0 Å². The summed E-state index contributed by atoms with van der Waals surface area (Å²) < 4.78 is 38.9. The van der Waals surface area contributed by atoms with Crippen molar-refractivity contribution < 1.29 is 18.0 Å². The lowest BCUT2D eigenvalue weighted by Gasteiger charge is -2.13. The number of aldehydes is 1. The highest BCUT2D eigenvalue weighted by Gasteiger charge is 2.33. The molecule has 0 radical (unpaired) electrons. The third-order valence-corrected chi connectivity index (χ3v) is 3.83. The topological polar surface area (TPSA) is 17.1 Å². The Morgan fingerprint density at radius 1 is 1.05 bits per heavy atom. The minimum Gasteiger partial charge on any atom is -0.298 e. The lowest BCUT2D eigenvalue weighted by Crippen LogP contribution is -2.07. The average molecular weight is 296 g/mol. The molecule has 0 aliphatic heterocycles. The predicted octanol–water partition coefficient (Wildman–Crippen LogP) is 4.81. The van der Waals surface area contributed by atoms with Crippen molar-refractivity contribution in [3.8, 4) is 0 Å². The molecule has 2 aromatic rings. The Morgan fingerprint density at radius 2 is 1.75 bits per heavy atom. The minimum atomic E-state index is -4.46. The molecule has 1 nitrogen and oxygen atoms in total. The van der Waals surface area contributed by atoms with Crippen LogP contribution < -0.4 is 0 Å². The van der Waals surface area contributed by atoms with Crippen molar-refractivity contribution in [2.24, 2.45) is 0 Å². The van der Waals surface area contributed by atoms with Crippen LogP contribution in [0.4, 0.5) is 13.2 Å². The van der Waals surface area contributed by atoms with Crippen LogP contribution in [0.2, 0.25) is 0 Å².